The van der Waals surface area contributed by atoms with Gasteiger partial charge in [0.1, 0.15) is 5.56 Å². The van der Waals surface area contributed by atoms with Gasteiger partial charge in [-0.05, 0) is 0 Å². The third kappa shape index (κ3) is 3.54. The maximum absolute atomic E-state index is 12.6. The summed E-state index contributed by atoms with van der Waals surface area (Å²) in [5.41, 5.74) is -2.38. The number of rotatable bonds is 2. The molecule has 0 aliphatic heterocycles. The highest BCUT2D eigenvalue weighted by Gasteiger charge is 2.39. The molecule has 9 heteroatoms. The van der Waals surface area contributed by atoms with E-state index >= 15 is 0 Å². The van der Waals surface area contributed by atoms with E-state index in [2.05, 4.69) is 9.97 Å². The Morgan fingerprint density at radius 3 is 2.17 bits per heavy atom. The van der Waals surface area contributed by atoms with Crippen molar-refractivity contribution in [2.45, 2.75) is 6.18 Å². The Morgan fingerprint density at radius 2 is 1.83 bits per heavy atom. The summed E-state index contributed by atoms with van der Waals surface area (Å²) >= 11 is 0. The largest absolute Gasteiger partial charge is 1.00 e. The van der Waals surface area contributed by atoms with Crippen molar-refractivity contribution in [1.82, 2.24) is 14.5 Å². The molecule has 0 spiro atoms. The van der Waals surface area contributed by atoms with Gasteiger partial charge in [-0.25, -0.2) is 4.79 Å². The summed E-state index contributed by atoms with van der Waals surface area (Å²) in [4.78, 5) is 17.6. The molecule has 0 radical (unpaired) electrons. The minimum absolute atomic E-state index is 0. The average molecular weight is 286 g/mol. The molecule has 0 aliphatic rings. The summed E-state index contributed by atoms with van der Waals surface area (Å²) in [5, 5.41) is 8.64. The van der Waals surface area contributed by atoms with Crippen molar-refractivity contribution >= 4 is 11.9 Å². The zero-order valence-electron chi connectivity index (χ0n) is 9.79. The van der Waals surface area contributed by atoms with Crippen molar-refractivity contribution in [3.63, 3.8) is 0 Å². The van der Waals surface area contributed by atoms with Crippen LogP contribution in [-0.4, -0.2) is 42.2 Å². The number of carboxylic acid groups (broad SMARTS) is 1. The molecule has 1 N–H and O–H groups in total. The van der Waals surface area contributed by atoms with Crippen molar-refractivity contribution in [3.05, 3.63) is 17.5 Å². The van der Waals surface area contributed by atoms with Crippen LogP contribution >= 0.6 is 0 Å². The molecule has 1 heterocycles. The number of quaternary nitrogens is 1. The second-order valence-corrected chi connectivity index (χ2v) is 4.25. The van der Waals surface area contributed by atoms with Gasteiger partial charge in [0, 0.05) is 0 Å². The van der Waals surface area contributed by atoms with Crippen LogP contribution in [-0.2, 0) is 6.18 Å². The number of aromatic nitrogens is 2. The predicted octanol–water partition coefficient (Wildman–Crippen LogP) is -1.61. The first kappa shape index (κ1) is 16.6. The summed E-state index contributed by atoms with van der Waals surface area (Å²) in [7, 11) is 4.74. The molecule has 1 rings (SSSR count). The molecule has 18 heavy (non-hydrogen) atoms. The lowest BCUT2D eigenvalue weighted by atomic mass is 10.2. The third-order valence-electron chi connectivity index (χ3n) is 1.87. The van der Waals surface area contributed by atoms with Crippen LogP contribution in [0, 0.1) is 0 Å². The molecule has 5 nitrogen and oxygen atoms in total. The smallest absolute Gasteiger partial charge is 0.434 e. The van der Waals surface area contributed by atoms with E-state index in [1.54, 1.807) is 21.1 Å². The van der Waals surface area contributed by atoms with Crippen LogP contribution in [0.5, 0.6) is 0 Å². The molecular formula is C9H11ClF3N3O2. The summed E-state index contributed by atoms with van der Waals surface area (Å²) in [6, 6.07) is 0. The van der Waals surface area contributed by atoms with E-state index in [4.69, 9.17) is 5.11 Å². The number of carbonyl (C=O) groups is 1. The predicted molar refractivity (Wildman–Crippen MR) is 53.6 cm³/mol. The Balaban J connectivity index is 0.00000289. The first-order valence-electron chi connectivity index (χ1n) is 4.53. The van der Waals surface area contributed by atoms with Crippen LogP contribution in [0.2, 0.25) is 0 Å². The van der Waals surface area contributed by atoms with Crippen LogP contribution in [0.1, 0.15) is 16.1 Å². The van der Waals surface area contributed by atoms with E-state index in [9.17, 15) is 18.0 Å². The maximum atomic E-state index is 12.6. The molecule has 0 saturated carbocycles. The molecule has 0 fully saturated rings. The van der Waals surface area contributed by atoms with E-state index in [0.717, 1.165) is 0 Å². The van der Waals surface area contributed by atoms with Crippen LogP contribution in [0.15, 0.2) is 6.20 Å². The van der Waals surface area contributed by atoms with Crippen molar-refractivity contribution in [2.75, 3.05) is 21.1 Å². The monoisotopic (exact) mass is 285 g/mol. The number of carboxylic acids is 1. The fraction of sp³-hybridized carbons (Fsp3) is 0.444. The minimum Gasteiger partial charge on any atom is -1.00 e. The Kier molecular flexibility index (Phi) is 4.67. The molecule has 1 aromatic rings. The first-order valence-corrected chi connectivity index (χ1v) is 4.53. The van der Waals surface area contributed by atoms with E-state index in [-0.39, 0.29) is 22.8 Å². The summed E-state index contributed by atoms with van der Waals surface area (Å²) in [6.45, 7) is 0. The number of nitrogens with zero attached hydrogens (tertiary/aromatic N) is 3. The molecule has 0 aromatic carbocycles. The van der Waals surface area contributed by atoms with Crippen molar-refractivity contribution < 1.29 is 35.5 Å². The Bertz CT molecular complexity index is 457. The lowest BCUT2D eigenvalue weighted by Gasteiger charge is -2.21. The minimum atomic E-state index is -4.82. The number of alkyl halides is 3. The van der Waals surface area contributed by atoms with Crippen molar-refractivity contribution in [2.24, 2.45) is 0 Å². The van der Waals surface area contributed by atoms with Gasteiger partial charge in [-0.2, -0.15) is 23.1 Å². The summed E-state index contributed by atoms with van der Waals surface area (Å²) < 4.78 is 37.8. The summed E-state index contributed by atoms with van der Waals surface area (Å²) in [5.74, 6) is -1.81. The van der Waals surface area contributed by atoms with Crippen LogP contribution in [0.25, 0.3) is 0 Å². The lowest BCUT2D eigenvalue weighted by molar-refractivity contribution is -0.141. The standard InChI is InChI=1S/C9H10F3N3O2.ClH/c1-15(2,3)8-13-4-5(7(16)17)6(14-8)9(10,11)12;/h4H,1-3H3;1H. The SMILES string of the molecule is C[N+](C)(C)c1ncc(C(=O)O)c(C(F)(F)F)n1.[Cl-]. The lowest BCUT2D eigenvalue weighted by Crippen LogP contribution is -3.00. The van der Waals surface area contributed by atoms with Crippen molar-refractivity contribution in [1.29, 1.82) is 0 Å². The van der Waals surface area contributed by atoms with Crippen LogP contribution < -0.4 is 16.9 Å². The fourth-order valence-corrected chi connectivity index (χ4v) is 1.07. The number of halogens is 4. The van der Waals surface area contributed by atoms with Gasteiger partial charge in [-0.1, -0.05) is 0 Å². The normalized spacial score (nSPS) is 11.9. The van der Waals surface area contributed by atoms with Gasteiger partial charge in [0.2, 0.25) is 0 Å². The average Bonchev–Trinajstić information content (AvgIpc) is 2.14. The highest BCUT2D eigenvalue weighted by Crippen LogP contribution is 2.31. The van der Waals surface area contributed by atoms with Gasteiger partial charge in [0.05, 0.1) is 27.3 Å². The molecule has 0 atom stereocenters. The Hall–Kier alpha value is -1.41. The highest BCUT2D eigenvalue weighted by molar-refractivity contribution is 5.88. The van der Waals surface area contributed by atoms with E-state index in [1.165, 1.54) is 0 Å². The molecule has 1 aromatic heterocycles. The molecular weight excluding hydrogens is 275 g/mol. The molecule has 0 amide bonds. The third-order valence-corrected chi connectivity index (χ3v) is 1.87. The quantitative estimate of drug-likeness (QED) is 0.665. The highest BCUT2D eigenvalue weighted by atomic mass is 35.5. The zero-order valence-corrected chi connectivity index (χ0v) is 10.5. The van der Waals surface area contributed by atoms with E-state index in [0.29, 0.717) is 6.20 Å². The van der Waals surface area contributed by atoms with Gasteiger partial charge in [-0.15, -0.1) is 0 Å². The van der Waals surface area contributed by atoms with Crippen LogP contribution in [0.4, 0.5) is 19.1 Å². The maximum Gasteiger partial charge on any atom is 0.434 e. The van der Waals surface area contributed by atoms with Gasteiger partial charge >= 0.3 is 18.1 Å². The number of hydrogen-bond acceptors (Lipinski definition) is 3. The van der Waals surface area contributed by atoms with Gasteiger partial charge in [0.15, 0.2) is 5.69 Å². The van der Waals surface area contributed by atoms with E-state index < -0.39 is 23.4 Å². The molecule has 0 aliphatic carbocycles. The van der Waals surface area contributed by atoms with Gasteiger partial charge in [-0.3, -0.25) is 4.48 Å². The fourth-order valence-electron chi connectivity index (χ4n) is 1.07. The van der Waals surface area contributed by atoms with E-state index in [1.807, 2.05) is 0 Å². The Labute approximate surface area is 107 Å². The topological polar surface area (TPSA) is 63.1 Å². The molecule has 0 bridgehead atoms. The van der Waals surface area contributed by atoms with Crippen molar-refractivity contribution in [3.8, 4) is 0 Å². The summed E-state index contributed by atoms with van der Waals surface area (Å²) in [6.07, 6.45) is -4.14. The molecule has 0 saturated heterocycles. The number of aromatic carboxylic acids is 1. The molecule has 102 valence electrons. The number of hydrogen-bond donors (Lipinski definition) is 1. The zero-order chi connectivity index (χ0) is 13.4. The van der Waals surface area contributed by atoms with Gasteiger partial charge < -0.3 is 17.5 Å². The van der Waals surface area contributed by atoms with Gasteiger partial charge in [0.25, 0.3) is 0 Å². The van der Waals surface area contributed by atoms with Crippen LogP contribution in [0.3, 0.4) is 0 Å². The Morgan fingerprint density at radius 1 is 1.33 bits per heavy atom. The first-order chi connectivity index (χ1) is 7.53. The molecule has 0 unspecified atom stereocenters. The second-order valence-electron chi connectivity index (χ2n) is 4.25. The second kappa shape index (κ2) is 5.07.